The summed E-state index contributed by atoms with van der Waals surface area (Å²) in [6.45, 7) is 2.34. The number of hydrogen-bond acceptors (Lipinski definition) is 5. The summed E-state index contributed by atoms with van der Waals surface area (Å²) < 4.78 is 49.8. The van der Waals surface area contributed by atoms with Crippen LogP contribution in [-0.4, -0.2) is 24.8 Å². The molecule has 2 aromatic carbocycles. The molecule has 3 rings (SSSR count). The van der Waals surface area contributed by atoms with Crippen LogP contribution in [0.3, 0.4) is 0 Å². The number of rotatable bonds is 5. The lowest BCUT2D eigenvalue weighted by Gasteiger charge is -2.09. The summed E-state index contributed by atoms with van der Waals surface area (Å²) in [5, 5.41) is 2.29. The van der Waals surface area contributed by atoms with Gasteiger partial charge in [0.25, 0.3) is 5.91 Å². The van der Waals surface area contributed by atoms with Gasteiger partial charge in [0.1, 0.15) is 0 Å². The number of carbonyl (C=O) groups is 1. The summed E-state index contributed by atoms with van der Waals surface area (Å²) >= 11 is 6.64. The van der Waals surface area contributed by atoms with Crippen LogP contribution in [0.15, 0.2) is 46.3 Å². The Morgan fingerprint density at radius 3 is 2.63 bits per heavy atom. The van der Waals surface area contributed by atoms with Crippen molar-refractivity contribution in [2.45, 2.75) is 13.1 Å². The number of nitrogens with zero attached hydrogens (tertiary/aromatic N) is 1. The van der Waals surface area contributed by atoms with Gasteiger partial charge in [0.15, 0.2) is 16.7 Å². The fourth-order valence-electron chi connectivity index (χ4n) is 2.60. The van der Waals surface area contributed by atoms with E-state index in [0.717, 1.165) is 23.9 Å². The molecule has 0 bridgehead atoms. The number of amidine groups is 1. The smallest absolute Gasteiger partial charge is 0.417 e. The first-order chi connectivity index (χ1) is 14.2. The van der Waals surface area contributed by atoms with Crippen molar-refractivity contribution < 1.29 is 27.4 Å². The van der Waals surface area contributed by atoms with Gasteiger partial charge < -0.3 is 14.8 Å². The monoisotopic (exact) mass is 456 g/mol. The van der Waals surface area contributed by atoms with Crippen LogP contribution in [0.4, 0.5) is 18.9 Å². The number of ether oxygens (including phenoxy) is 2. The molecule has 0 saturated carbocycles. The summed E-state index contributed by atoms with van der Waals surface area (Å²) in [5.41, 5.74) is -0.267. The van der Waals surface area contributed by atoms with Crippen molar-refractivity contribution in [3.05, 3.63) is 57.5 Å². The minimum Gasteiger partial charge on any atom is -0.493 e. The lowest BCUT2D eigenvalue weighted by molar-refractivity contribution is -0.137. The van der Waals surface area contributed by atoms with Crippen molar-refractivity contribution >= 4 is 46.2 Å². The van der Waals surface area contributed by atoms with Gasteiger partial charge in [-0.3, -0.25) is 4.79 Å². The van der Waals surface area contributed by atoms with Gasteiger partial charge >= 0.3 is 6.18 Å². The molecular formula is C20H16ClF3N2O3S. The van der Waals surface area contributed by atoms with Gasteiger partial charge in [-0.15, -0.1) is 0 Å². The minimum atomic E-state index is -4.60. The van der Waals surface area contributed by atoms with Crippen molar-refractivity contribution in [2.75, 3.05) is 13.7 Å². The van der Waals surface area contributed by atoms with E-state index in [2.05, 4.69) is 10.3 Å². The molecule has 1 amide bonds. The highest BCUT2D eigenvalue weighted by Crippen LogP contribution is 2.38. The SMILES string of the molecule is CCOc1ccc(/C=C2/SC(=Nc3ccc(Cl)c(C(F)(F)F)c3)NC2=O)cc1OC. The van der Waals surface area contributed by atoms with E-state index in [4.69, 9.17) is 21.1 Å². The maximum Gasteiger partial charge on any atom is 0.417 e. The number of halogens is 4. The Kier molecular flexibility index (Phi) is 6.62. The van der Waals surface area contributed by atoms with Crippen molar-refractivity contribution in [3.63, 3.8) is 0 Å². The number of amides is 1. The molecule has 5 nitrogen and oxygen atoms in total. The lowest BCUT2D eigenvalue weighted by atomic mass is 10.2. The largest absolute Gasteiger partial charge is 0.493 e. The van der Waals surface area contributed by atoms with E-state index in [1.807, 2.05) is 6.92 Å². The van der Waals surface area contributed by atoms with E-state index in [0.29, 0.717) is 28.6 Å². The number of aliphatic imine (C=N–C) groups is 1. The normalized spacial score (nSPS) is 16.8. The molecule has 1 aliphatic rings. The zero-order valence-corrected chi connectivity index (χ0v) is 17.4. The standard InChI is InChI=1S/C20H16ClF3N2O3S/c1-3-29-15-7-4-11(8-16(15)28-2)9-17-18(27)26-19(30-17)25-12-5-6-14(21)13(10-12)20(22,23)24/h4-10H,3H2,1-2H3,(H,25,26,27)/b17-9+. The van der Waals surface area contributed by atoms with E-state index in [1.165, 1.54) is 13.2 Å². The van der Waals surface area contributed by atoms with E-state index >= 15 is 0 Å². The highest BCUT2D eigenvalue weighted by Gasteiger charge is 2.33. The molecule has 0 aliphatic carbocycles. The molecule has 1 saturated heterocycles. The van der Waals surface area contributed by atoms with Crippen LogP contribution in [0.25, 0.3) is 6.08 Å². The van der Waals surface area contributed by atoms with E-state index in [-0.39, 0.29) is 10.9 Å². The second kappa shape index (κ2) is 9.01. The molecule has 0 unspecified atom stereocenters. The van der Waals surface area contributed by atoms with Crippen molar-refractivity contribution in [3.8, 4) is 11.5 Å². The molecule has 0 atom stereocenters. The molecule has 30 heavy (non-hydrogen) atoms. The number of thioether (sulfide) groups is 1. The average molecular weight is 457 g/mol. The fraction of sp³-hybridized carbons (Fsp3) is 0.200. The highest BCUT2D eigenvalue weighted by molar-refractivity contribution is 8.18. The second-order valence-electron chi connectivity index (χ2n) is 5.99. The molecular weight excluding hydrogens is 441 g/mol. The summed E-state index contributed by atoms with van der Waals surface area (Å²) in [5.74, 6) is 0.692. The zero-order chi connectivity index (χ0) is 21.9. The predicted octanol–water partition coefficient (Wildman–Crippen LogP) is 5.66. The summed E-state index contributed by atoms with van der Waals surface area (Å²) in [7, 11) is 1.51. The number of benzene rings is 2. The molecule has 1 N–H and O–H groups in total. The Hall–Kier alpha value is -2.65. The van der Waals surface area contributed by atoms with Crippen LogP contribution in [-0.2, 0) is 11.0 Å². The van der Waals surface area contributed by atoms with Gasteiger partial charge in [-0.05, 0) is 60.7 Å². The average Bonchev–Trinajstić information content (AvgIpc) is 3.02. The van der Waals surface area contributed by atoms with Gasteiger partial charge in [0, 0.05) is 0 Å². The molecule has 1 fully saturated rings. The van der Waals surface area contributed by atoms with Crippen LogP contribution in [0.5, 0.6) is 11.5 Å². The van der Waals surface area contributed by atoms with Gasteiger partial charge in [0.05, 0.1) is 34.9 Å². The van der Waals surface area contributed by atoms with Crippen LogP contribution in [0.1, 0.15) is 18.1 Å². The van der Waals surface area contributed by atoms with Crippen LogP contribution in [0.2, 0.25) is 5.02 Å². The molecule has 0 aromatic heterocycles. The topological polar surface area (TPSA) is 59.9 Å². The molecule has 0 spiro atoms. The van der Waals surface area contributed by atoms with Crippen molar-refractivity contribution in [1.82, 2.24) is 5.32 Å². The van der Waals surface area contributed by atoms with Gasteiger partial charge in [-0.1, -0.05) is 17.7 Å². The second-order valence-corrected chi connectivity index (χ2v) is 7.42. The number of nitrogens with one attached hydrogen (secondary N) is 1. The number of methoxy groups -OCH3 is 1. The Labute approximate surface area is 179 Å². The number of alkyl halides is 3. The summed E-state index contributed by atoms with van der Waals surface area (Å²) in [4.78, 5) is 16.7. The van der Waals surface area contributed by atoms with E-state index in [1.54, 1.807) is 24.3 Å². The fourth-order valence-corrected chi connectivity index (χ4v) is 3.66. The molecule has 1 aliphatic heterocycles. The Morgan fingerprint density at radius 1 is 1.20 bits per heavy atom. The quantitative estimate of drug-likeness (QED) is 0.590. The van der Waals surface area contributed by atoms with Crippen LogP contribution >= 0.6 is 23.4 Å². The number of carbonyl (C=O) groups excluding carboxylic acids is 1. The maximum atomic E-state index is 13.0. The van der Waals surface area contributed by atoms with Crippen LogP contribution < -0.4 is 14.8 Å². The third-order valence-corrected chi connectivity index (χ3v) is 5.16. The number of hydrogen-bond donors (Lipinski definition) is 1. The predicted molar refractivity (Wildman–Crippen MR) is 111 cm³/mol. The molecule has 2 aromatic rings. The van der Waals surface area contributed by atoms with E-state index < -0.39 is 22.7 Å². The van der Waals surface area contributed by atoms with Crippen molar-refractivity contribution in [1.29, 1.82) is 0 Å². The first kappa shape index (κ1) is 22.0. The lowest BCUT2D eigenvalue weighted by Crippen LogP contribution is -2.19. The summed E-state index contributed by atoms with van der Waals surface area (Å²) in [6.07, 6.45) is -2.97. The van der Waals surface area contributed by atoms with E-state index in [9.17, 15) is 18.0 Å². The highest BCUT2D eigenvalue weighted by atomic mass is 35.5. The first-order valence-corrected chi connectivity index (χ1v) is 9.88. The molecule has 158 valence electrons. The Morgan fingerprint density at radius 2 is 1.97 bits per heavy atom. The zero-order valence-electron chi connectivity index (χ0n) is 15.8. The van der Waals surface area contributed by atoms with Gasteiger partial charge in [0.2, 0.25) is 0 Å². The maximum absolute atomic E-state index is 13.0. The minimum absolute atomic E-state index is 0.0264. The third-order valence-electron chi connectivity index (χ3n) is 3.92. The van der Waals surface area contributed by atoms with Gasteiger partial charge in [-0.2, -0.15) is 13.2 Å². The molecule has 1 heterocycles. The molecule has 10 heteroatoms. The third kappa shape index (κ3) is 5.09. The van der Waals surface area contributed by atoms with Crippen LogP contribution in [0, 0.1) is 0 Å². The van der Waals surface area contributed by atoms with Gasteiger partial charge in [-0.25, -0.2) is 4.99 Å². The molecule has 0 radical (unpaired) electrons. The van der Waals surface area contributed by atoms with Crippen molar-refractivity contribution in [2.24, 2.45) is 4.99 Å². The Balaban J connectivity index is 1.85. The first-order valence-electron chi connectivity index (χ1n) is 8.68. The Bertz CT molecular complexity index is 1040. The summed E-state index contributed by atoms with van der Waals surface area (Å²) in [6, 6.07) is 8.51.